The Morgan fingerprint density at radius 3 is 2.75 bits per heavy atom. The molecule has 1 aromatic rings. The zero-order valence-electron chi connectivity index (χ0n) is 12.5. The van der Waals surface area contributed by atoms with Crippen LogP contribution in [0.15, 0.2) is 17.2 Å². The highest BCUT2D eigenvalue weighted by Gasteiger charge is 2.16. The van der Waals surface area contributed by atoms with Crippen LogP contribution < -0.4 is 10.0 Å². The van der Waals surface area contributed by atoms with Crippen molar-refractivity contribution in [3.63, 3.8) is 0 Å². The summed E-state index contributed by atoms with van der Waals surface area (Å²) >= 11 is 1.78. The summed E-state index contributed by atoms with van der Waals surface area (Å²) in [6.45, 7) is 4.06. The van der Waals surface area contributed by atoms with Gasteiger partial charge in [-0.1, -0.05) is 6.92 Å². The molecule has 116 valence electrons. The van der Waals surface area contributed by atoms with Crippen LogP contribution >= 0.6 is 11.8 Å². The second-order valence-corrected chi connectivity index (χ2v) is 7.41. The van der Waals surface area contributed by atoms with E-state index in [4.69, 9.17) is 0 Å². The summed E-state index contributed by atoms with van der Waals surface area (Å²) in [6, 6.07) is 1.73. The SMILES string of the molecule is CCNCc1cc(S(=O)(=O)NCCCCSC)cn1C. The zero-order valence-corrected chi connectivity index (χ0v) is 14.1. The maximum absolute atomic E-state index is 12.2. The first-order valence-corrected chi connectivity index (χ1v) is 9.73. The second kappa shape index (κ2) is 8.71. The van der Waals surface area contributed by atoms with Crippen LogP contribution in [0.1, 0.15) is 25.5 Å². The van der Waals surface area contributed by atoms with Crippen molar-refractivity contribution < 1.29 is 8.42 Å². The number of thioether (sulfide) groups is 1. The van der Waals surface area contributed by atoms with Crippen molar-refractivity contribution >= 4 is 21.8 Å². The molecule has 0 fully saturated rings. The largest absolute Gasteiger partial charge is 0.352 e. The van der Waals surface area contributed by atoms with Crippen molar-refractivity contribution in [1.82, 2.24) is 14.6 Å². The van der Waals surface area contributed by atoms with Gasteiger partial charge in [0, 0.05) is 32.0 Å². The first kappa shape index (κ1) is 17.6. The third-order valence-corrected chi connectivity index (χ3v) is 5.14. The Labute approximate surface area is 126 Å². The molecule has 0 saturated heterocycles. The molecule has 0 bridgehead atoms. The van der Waals surface area contributed by atoms with Crippen LogP contribution in [-0.4, -0.2) is 38.1 Å². The summed E-state index contributed by atoms with van der Waals surface area (Å²) < 4.78 is 28.8. The van der Waals surface area contributed by atoms with Crippen LogP contribution in [-0.2, 0) is 23.6 Å². The molecule has 0 aliphatic heterocycles. The number of sulfonamides is 1. The third-order valence-electron chi connectivity index (χ3n) is 3.02. The van der Waals surface area contributed by atoms with Crippen LogP contribution in [0.2, 0.25) is 0 Å². The lowest BCUT2D eigenvalue weighted by molar-refractivity contribution is 0.578. The average molecular weight is 319 g/mol. The smallest absolute Gasteiger partial charge is 0.242 e. The minimum atomic E-state index is -3.38. The van der Waals surface area contributed by atoms with E-state index in [1.165, 1.54) is 0 Å². The Hall–Kier alpha value is -0.500. The van der Waals surface area contributed by atoms with Gasteiger partial charge in [0.1, 0.15) is 0 Å². The Bertz CT molecular complexity index is 498. The number of hydrogen-bond donors (Lipinski definition) is 2. The van der Waals surface area contributed by atoms with Crippen molar-refractivity contribution in [2.45, 2.75) is 31.2 Å². The van der Waals surface area contributed by atoms with E-state index in [1.54, 1.807) is 24.0 Å². The molecular weight excluding hydrogens is 294 g/mol. The highest BCUT2D eigenvalue weighted by Crippen LogP contribution is 2.13. The molecule has 0 aliphatic carbocycles. The first-order valence-electron chi connectivity index (χ1n) is 6.85. The number of hydrogen-bond acceptors (Lipinski definition) is 4. The highest BCUT2D eigenvalue weighted by molar-refractivity contribution is 7.98. The van der Waals surface area contributed by atoms with Gasteiger partial charge in [0.25, 0.3) is 0 Å². The summed E-state index contributed by atoms with van der Waals surface area (Å²) in [7, 11) is -1.51. The van der Waals surface area contributed by atoms with Gasteiger partial charge in [0.2, 0.25) is 10.0 Å². The van der Waals surface area contributed by atoms with E-state index >= 15 is 0 Å². The minimum Gasteiger partial charge on any atom is -0.352 e. The molecule has 5 nitrogen and oxygen atoms in total. The quantitative estimate of drug-likeness (QED) is 0.642. The molecule has 0 radical (unpaired) electrons. The number of aryl methyl sites for hydroxylation is 1. The molecule has 1 rings (SSSR count). The van der Waals surface area contributed by atoms with Crippen molar-refractivity contribution in [3.8, 4) is 0 Å². The van der Waals surface area contributed by atoms with Gasteiger partial charge in [0.05, 0.1) is 4.90 Å². The third kappa shape index (κ3) is 5.47. The van der Waals surface area contributed by atoms with Gasteiger partial charge in [0.15, 0.2) is 0 Å². The molecule has 0 amide bonds. The molecule has 2 N–H and O–H groups in total. The van der Waals surface area contributed by atoms with Gasteiger partial charge >= 0.3 is 0 Å². The molecule has 0 saturated carbocycles. The fraction of sp³-hybridized carbons (Fsp3) is 0.692. The summed E-state index contributed by atoms with van der Waals surface area (Å²) in [5.74, 6) is 1.07. The fourth-order valence-electron chi connectivity index (χ4n) is 1.81. The molecule has 0 spiro atoms. The number of unbranched alkanes of at least 4 members (excludes halogenated alkanes) is 1. The van der Waals surface area contributed by atoms with E-state index in [0.717, 1.165) is 30.8 Å². The molecule has 1 heterocycles. The molecular formula is C13H25N3O2S2. The van der Waals surface area contributed by atoms with Crippen LogP contribution in [0.25, 0.3) is 0 Å². The molecule has 0 unspecified atom stereocenters. The van der Waals surface area contributed by atoms with E-state index in [1.807, 2.05) is 18.5 Å². The summed E-state index contributed by atoms with van der Waals surface area (Å²) in [5.41, 5.74) is 0.967. The van der Waals surface area contributed by atoms with E-state index < -0.39 is 10.0 Å². The second-order valence-electron chi connectivity index (χ2n) is 4.66. The van der Waals surface area contributed by atoms with Crippen LogP contribution in [0.4, 0.5) is 0 Å². The van der Waals surface area contributed by atoms with Gasteiger partial charge in [-0.05, 0) is 37.5 Å². The van der Waals surface area contributed by atoms with Gasteiger partial charge in [-0.25, -0.2) is 13.1 Å². The molecule has 0 aliphatic rings. The van der Waals surface area contributed by atoms with Gasteiger partial charge in [-0.15, -0.1) is 0 Å². The molecule has 0 atom stereocenters. The maximum atomic E-state index is 12.2. The predicted octanol–water partition coefficient (Wildman–Crippen LogP) is 1.56. The monoisotopic (exact) mass is 319 g/mol. The standard InChI is InChI=1S/C13H25N3O2S2/c1-4-14-10-12-9-13(11-16(12)2)20(17,18)15-7-5-6-8-19-3/h9,11,14-15H,4-8,10H2,1-3H3. The Morgan fingerprint density at radius 2 is 2.10 bits per heavy atom. The van der Waals surface area contributed by atoms with Crippen LogP contribution in [0, 0.1) is 0 Å². The van der Waals surface area contributed by atoms with E-state index in [-0.39, 0.29) is 0 Å². The van der Waals surface area contributed by atoms with Crippen molar-refractivity contribution in [3.05, 3.63) is 18.0 Å². The summed E-state index contributed by atoms with van der Waals surface area (Å²) in [4.78, 5) is 0.345. The van der Waals surface area contributed by atoms with Gasteiger partial charge in [-0.2, -0.15) is 11.8 Å². The number of rotatable bonds is 10. The Balaban J connectivity index is 2.58. The fourth-order valence-corrected chi connectivity index (χ4v) is 3.47. The van der Waals surface area contributed by atoms with Gasteiger partial charge in [-0.3, -0.25) is 0 Å². The lowest BCUT2D eigenvalue weighted by Crippen LogP contribution is -2.24. The molecule has 7 heteroatoms. The first-order chi connectivity index (χ1) is 9.51. The summed E-state index contributed by atoms with van der Waals surface area (Å²) in [6.07, 6.45) is 5.62. The van der Waals surface area contributed by atoms with E-state index in [0.29, 0.717) is 18.0 Å². The zero-order chi connectivity index (χ0) is 15.0. The van der Waals surface area contributed by atoms with E-state index in [9.17, 15) is 8.42 Å². The van der Waals surface area contributed by atoms with Crippen molar-refractivity contribution in [2.24, 2.45) is 7.05 Å². The molecule has 1 aromatic heterocycles. The van der Waals surface area contributed by atoms with Crippen LogP contribution in [0.5, 0.6) is 0 Å². The number of nitrogens with one attached hydrogen (secondary N) is 2. The molecule has 0 aromatic carbocycles. The van der Waals surface area contributed by atoms with Crippen molar-refractivity contribution in [2.75, 3.05) is 25.1 Å². The number of aromatic nitrogens is 1. The molecule has 20 heavy (non-hydrogen) atoms. The Kier molecular flexibility index (Phi) is 7.65. The number of nitrogens with zero attached hydrogens (tertiary/aromatic N) is 1. The van der Waals surface area contributed by atoms with E-state index in [2.05, 4.69) is 16.3 Å². The van der Waals surface area contributed by atoms with Crippen LogP contribution in [0.3, 0.4) is 0 Å². The topological polar surface area (TPSA) is 63.1 Å². The predicted molar refractivity (Wildman–Crippen MR) is 85.6 cm³/mol. The van der Waals surface area contributed by atoms with Crippen molar-refractivity contribution in [1.29, 1.82) is 0 Å². The lowest BCUT2D eigenvalue weighted by atomic mass is 10.3. The Morgan fingerprint density at radius 1 is 1.35 bits per heavy atom. The summed E-state index contributed by atoms with van der Waals surface area (Å²) in [5, 5.41) is 3.20. The normalized spacial score (nSPS) is 11.9. The minimum absolute atomic E-state index is 0.345. The average Bonchev–Trinajstić information content (AvgIpc) is 2.78. The lowest BCUT2D eigenvalue weighted by Gasteiger charge is -2.04. The highest BCUT2D eigenvalue weighted by atomic mass is 32.2. The maximum Gasteiger partial charge on any atom is 0.242 e. The van der Waals surface area contributed by atoms with Gasteiger partial charge < -0.3 is 9.88 Å².